The molecule has 1 aliphatic carbocycles. The Balaban J connectivity index is 2.06. The number of hydrogen-bond donors (Lipinski definition) is 2. The summed E-state index contributed by atoms with van der Waals surface area (Å²) >= 11 is 0. The molecule has 14 heavy (non-hydrogen) atoms. The zero-order chi connectivity index (χ0) is 10.0. The molecule has 2 unspecified atom stereocenters. The van der Waals surface area contributed by atoms with Gasteiger partial charge in [-0.2, -0.15) is 0 Å². The molecule has 2 rings (SSSR count). The van der Waals surface area contributed by atoms with Crippen LogP contribution in [0.5, 0.6) is 0 Å². The Labute approximate surface area is 85.8 Å². The third-order valence-corrected chi connectivity index (χ3v) is 3.67. The molecule has 0 aromatic carbocycles. The van der Waals surface area contributed by atoms with Crippen molar-refractivity contribution in [2.75, 3.05) is 13.2 Å². The fraction of sp³-hybridized carbons (Fsp3) is 1.00. The SMILES string of the molecule is CC1CNC2(CCCCC2)C(CO)O1. The molecule has 1 heterocycles. The van der Waals surface area contributed by atoms with Gasteiger partial charge >= 0.3 is 0 Å². The first-order valence-electron chi connectivity index (χ1n) is 5.78. The highest BCUT2D eigenvalue weighted by Crippen LogP contribution is 2.34. The summed E-state index contributed by atoms with van der Waals surface area (Å²) in [6.07, 6.45) is 6.42. The number of aliphatic hydroxyl groups excluding tert-OH is 1. The Hall–Kier alpha value is -0.120. The van der Waals surface area contributed by atoms with Crippen LogP contribution < -0.4 is 5.32 Å². The topological polar surface area (TPSA) is 41.5 Å². The number of morpholine rings is 1. The molecule has 0 radical (unpaired) electrons. The fourth-order valence-corrected chi connectivity index (χ4v) is 2.82. The third kappa shape index (κ3) is 1.81. The monoisotopic (exact) mass is 199 g/mol. The molecule has 0 amide bonds. The van der Waals surface area contributed by atoms with Crippen molar-refractivity contribution in [1.82, 2.24) is 5.32 Å². The first kappa shape index (κ1) is 10.4. The van der Waals surface area contributed by atoms with Crippen LogP contribution >= 0.6 is 0 Å². The van der Waals surface area contributed by atoms with Crippen molar-refractivity contribution in [3.05, 3.63) is 0 Å². The highest BCUT2D eigenvalue weighted by atomic mass is 16.5. The van der Waals surface area contributed by atoms with Crippen LogP contribution in [0.15, 0.2) is 0 Å². The molecule has 2 fully saturated rings. The van der Waals surface area contributed by atoms with Gasteiger partial charge in [0.15, 0.2) is 0 Å². The molecule has 3 heteroatoms. The largest absolute Gasteiger partial charge is 0.394 e. The standard InChI is InChI=1S/C11H21NO2/c1-9-7-12-11(10(8-13)14-9)5-3-2-4-6-11/h9-10,12-13H,2-8H2,1H3. The third-order valence-electron chi connectivity index (χ3n) is 3.67. The molecule has 1 aliphatic heterocycles. The summed E-state index contributed by atoms with van der Waals surface area (Å²) in [5, 5.41) is 13.0. The van der Waals surface area contributed by atoms with Crippen molar-refractivity contribution >= 4 is 0 Å². The van der Waals surface area contributed by atoms with Gasteiger partial charge in [0.25, 0.3) is 0 Å². The summed E-state index contributed by atoms with van der Waals surface area (Å²) in [6.45, 7) is 3.14. The van der Waals surface area contributed by atoms with Crippen LogP contribution in [0.4, 0.5) is 0 Å². The molecule has 2 N–H and O–H groups in total. The summed E-state index contributed by atoms with van der Waals surface area (Å²) in [6, 6.07) is 0. The summed E-state index contributed by atoms with van der Waals surface area (Å²) < 4.78 is 5.82. The second-order valence-electron chi connectivity index (χ2n) is 4.72. The molecule has 3 nitrogen and oxygen atoms in total. The lowest BCUT2D eigenvalue weighted by Gasteiger charge is -2.48. The van der Waals surface area contributed by atoms with E-state index >= 15 is 0 Å². The lowest BCUT2D eigenvalue weighted by molar-refractivity contribution is -0.122. The average Bonchev–Trinajstić information content (AvgIpc) is 2.23. The van der Waals surface area contributed by atoms with E-state index in [1.807, 2.05) is 0 Å². The van der Waals surface area contributed by atoms with E-state index in [2.05, 4.69) is 12.2 Å². The zero-order valence-electron chi connectivity index (χ0n) is 8.96. The summed E-state index contributed by atoms with van der Waals surface area (Å²) in [5.41, 5.74) is 0.0828. The van der Waals surface area contributed by atoms with Crippen LogP contribution in [0.2, 0.25) is 0 Å². The van der Waals surface area contributed by atoms with Gasteiger partial charge in [0.1, 0.15) is 0 Å². The van der Waals surface area contributed by atoms with Crippen LogP contribution in [-0.4, -0.2) is 36.0 Å². The maximum Gasteiger partial charge on any atom is 0.0990 e. The van der Waals surface area contributed by atoms with Crippen molar-refractivity contribution < 1.29 is 9.84 Å². The van der Waals surface area contributed by atoms with Gasteiger partial charge in [-0.05, 0) is 19.8 Å². The number of hydrogen-bond acceptors (Lipinski definition) is 3. The quantitative estimate of drug-likeness (QED) is 0.663. The smallest absolute Gasteiger partial charge is 0.0990 e. The Bertz CT molecular complexity index is 190. The van der Waals surface area contributed by atoms with E-state index in [0.29, 0.717) is 0 Å². The zero-order valence-corrected chi connectivity index (χ0v) is 8.96. The van der Waals surface area contributed by atoms with Gasteiger partial charge in [-0.1, -0.05) is 19.3 Å². The van der Waals surface area contributed by atoms with E-state index in [1.54, 1.807) is 0 Å². The molecule has 0 aromatic rings. The molecular weight excluding hydrogens is 178 g/mol. The van der Waals surface area contributed by atoms with Gasteiger partial charge in [0, 0.05) is 12.1 Å². The Morgan fingerprint density at radius 3 is 2.71 bits per heavy atom. The molecule has 2 aliphatic rings. The summed E-state index contributed by atoms with van der Waals surface area (Å²) in [4.78, 5) is 0. The molecule has 1 saturated heterocycles. The lowest BCUT2D eigenvalue weighted by atomic mass is 9.76. The normalized spacial score (nSPS) is 37.3. The second-order valence-corrected chi connectivity index (χ2v) is 4.72. The summed E-state index contributed by atoms with van der Waals surface area (Å²) in [7, 11) is 0. The minimum atomic E-state index is 0.00606. The average molecular weight is 199 g/mol. The van der Waals surface area contributed by atoms with Crippen LogP contribution in [-0.2, 0) is 4.74 Å². The molecule has 1 spiro atoms. The van der Waals surface area contributed by atoms with Crippen molar-refractivity contribution in [3.63, 3.8) is 0 Å². The molecule has 1 saturated carbocycles. The molecule has 0 bridgehead atoms. The number of rotatable bonds is 1. The van der Waals surface area contributed by atoms with E-state index in [-0.39, 0.29) is 24.4 Å². The predicted octanol–water partition coefficient (Wildman–Crippen LogP) is 1.06. The predicted molar refractivity (Wildman–Crippen MR) is 55.2 cm³/mol. The van der Waals surface area contributed by atoms with Crippen molar-refractivity contribution in [2.24, 2.45) is 0 Å². The number of aliphatic hydroxyl groups is 1. The maximum atomic E-state index is 9.36. The van der Waals surface area contributed by atoms with Crippen LogP contribution in [0.25, 0.3) is 0 Å². The maximum absolute atomic E-state index is 9.36. The molecule has 82 valence electrons. The van der Waals surface area contributed by atoms with Crippen LogP contribution in [0.3, 0.4) is 0 Å². The minimum absolute atomic E-state index is 0.00606. The second kappa shape index (κ2) is 4.17. The number of ether oxygens (including phenoxy) is 1. The minimum Gasteiger partial charge on any atom is -0.394 e. The van der Waals surface area contributed by atoms with E-state index in [4.69, 9.17) is 4.74 Å². The van der Waals surface area contributed by atoms with Gasteiger partial charge in [0.2, 0.25) is 0 Å². The van der Waals surface area contributed by atoms with Crippen LogP contribution in [0.1, 0.15) is 39.0 Å². The Morgan fingerprint density at radius 1 is 1.36 bits per heavy atom. The van der Waals surface area contributed by atoms with E-state index in [0.717, 1.165) is 19.4 Å². The highest BCUT2D eigenvalue weighted by Gasteiger charge is 2.43. The van der Waals surface area contributed by atoms with Gasteiger partial charge in [-0.25, -0.2) is 0 Å². The van der Waals surface area contributed by atoms with E-state index in [1.165, 1.54) is 19.3 Å². The van der Waals surface area contributed by atoms with Gasteiger partial charge in [-0.15, -0.1) is 0 Å². The Kier molecular flexibility index (Phi) is 3.10. The lowest BCUT2D eigenvalue weighted by Crippen LogP contribution is -2.64. The summed E-state index contributed by atoms with van der Waals surface area (Å²) in [5.74, 6) is 0. The molecular formula is C11H21NO2. The van der Waals surface area contributed by atoms with Gasteiger partial charge in [0.05, 0.1) is 18.8 Å². The van der Waals surface area contributed by atoms with Crippen LogP contribution in [0, 0.1) is 0 Å². The first-order chi connectivity index (χ1) is 6.77. The Morgan fingerprint density at radius 2 is 2.07 bits per heavy atom. The molecule has 2 atom stereocenters. The van der Waals surface area contributed by atoms with Crippen molar-refractivity contribution in [3.8, 4) is 0 Å². The van der Waals surface area contributed by atoms with Crippen molar-refractivity contribution in [2.45, 2.75) is 56.8 Å². The number of nitrogens with one attached hydrogen (secondary N) is 1. The van der Waals surface area contributed by atoms with E-state index in [9.17, 15) is 5.11 Å². The van der Waals surface area contributed by atoms with Crippen molar-refractivity contribution in [1.29, 1.82) is 0 Å². The fourth-order valence-electron chi connectivity index (χ4n) is 2.82. The first-order valence-corrected chi connectivity index (χ1v) is 5.78. The van der Waals surface area contributed by atoms with Gasteiger partial charge < -0.3 is 15.2 Å². The molecule has 0 aromatic heterocycles. The highest BCUT2D eigenvalue weighted by molar-refractivity contribution is 5.00. The van der Waals surface area contributed by atoms with Gasteiger partial charge in [-0.3, -0.25) is 0 Å². The van der Waals surface area contributed by atoms with E-state index < -0.39 is 0 Å².